The van der Waals surface area contributed by atoms with E-state index in [1.165, 1.54) is 42.4 Å². The van der Waals surface area contributed by atoms with Gasteiger partial charge in [-0.2, -0.15) is 0 Å². The van der Waals surface area contributed by atoms with Crippen LogP contribution < -0.4 is 4.90 Å². The van der Waals surface area contributed by atoms with Crippen LogP contribution in [0.2, 0.25) is 0 Å². The number of benzene rings is 7. The zero-order valence-electron chi connectivity index (χ0n) is 24.4. The highest BCUT2D eigenvalue weighted by molar-refractivity contribution is 7.26. The van der Waals surface area contributed by atoms with E-state index in [0.717, 1.165) is 39.0 Å². The van der Waals surface area contributed by atoms with E-state index in [0.29, 0.717) is 0 Å². The molecule has 7 aromatic carbocycles. The van der Waals surface area contributed by atoms with Crippen LogP contribution in [-0.2, 0) is 0 Å². The predicted octanol–water partition coefficient (Wildman–Crippen LogP) is 12.8. The molecule has 0 aliphatic rings. The Hall–Kier alpha value is -5.64. The van der Waals surface area contributed by atoms with Gasteiger partial charge in [0.25, 0.3) is 0 Å². The second-order valence-electron chi connectivity index (χ2n) is 11.4. The molecule has 0 N–H and O–H groups in total. The standard InChI is InChI=1S/C42H27NOS/c1-2-9-31(10-3-1)43(32-22-17-28(18-23-32)30-21-26-40-38(27-30)35-11-4-6-15-39(35)44-40)33-24-19-29(20-25-33)34-13-8-14-37-36-12-5-7-16-41(36)45-42(34)37/h1-27H. The van der Waals surface area contributed by atoms with E-state index in [2.05, 4.69) is 157 Å². The van der Waals surface area contributed by atoms with Gasteiger partial charge in [-0.3, -0.25) is 0 Å². The molecule has 9 rings (SSSR count). The van der Waals surface area contributed by atoms with Gasteiger partial charge in [0.2, 0.25) is 0 Å². The summed E-state index contributed by atoms with van der Waals surface area (Å²) >= 11 is 1.87. The Morgan fingerprint density at radius 1 is 0.400 bits per heavy atom. The maximum Gasteiger partial charge on any atom is 0.135 e. The number of thiophene rings is 1. The average Bonchev–Trinajstić information content (AvgIpc) is 3.68. The summed E-state index contributed by atoms with van der Waals surface area (Å²) in [6.45, 7) is 0. The zero-order valence-corrected chi connectivity index (χ0v) is 25.2. The molecule has 45 heavy (non-hydrogen) atoms. The lowest BCUT2D eigenvalue weighted by atomic mass is 10.0. The fourth-order valence-electron chi connectivity index (χ4n) is 6.50. The summed E-state index contributed by atoms with van der Waals surface area (Å²) < 4.78 is 8.72. The fourth-order valence-corrected chi connectivity index (χ4v) is 7.74. The molecule has 0 spiro atoms. The van der Waals surface area contributed by atoms with Crippen LogP contribution in [0.5, 0.6) is 0 Å². The van der Waals surface area contributed by atoms with Gasteiger partial charge in [-0.15, -0.1) is 11.3 Å². The van der Waals surface area contributed by atoms with Gasteiger partial charge < -0.3 is 9.32 Å². The number of anilines is 3. The molecule has 2 aromatic heterocycles. The van der Waals surface area contributed by atoms with Crippen molar-refractivity contribution in [3.8, 4) is 22.3 Å². The molecule has 0 saturated carbocycles. The first-order valence-corrected chi connectivity index (χ1v) is 16.0. The SMILES string of the molecule is c1ccc(N(c2ccc(-c3ccc4oc5ccccc5c4c3)cc2)c2ccc(-c3cccc4c3sc3ccccc34)cc2)cc1. The van der Waals surface area contributed by atoms with E-state index in [-0.39, 0.29) is 0 Å². The molecule has 2 nitrogen and oxygen atoms in total. The second kappa shape index (κ2) is 10.5. The molecule has 0 aliphatic heterocycles. The van der Waals surface area contributed by atoms with Crippen molar-refractivity contribution in [3.05, 3.63) is 164 Å². The van der Waals surface area contributed by atoms with Gasteiger partial charge in [0.05, 0.1) is 0 Å². The third-order valence-electron chi connectivity index (χ3n) is 8.69. The Labute approximate surface area is 265 Å². The maximum atomic E-state index is 6.06. The van der Waals surface area contributed by atoms with Gasteiger partial charge in [-0.1, -0.05) is 103 Å². The summed E-state index contributed by atoms with van der Waals surface area (Å²) in [4.78, 5) is 2.32. The van der Waals surface area contributed by atoms with E-state index in [1.54, 1.807) is 0 Å². The van der Waals surface area contributed by atoms with Crippen molar-refractivity contribution < 1.29 is 4.42 Å². The molecule has 0 bridgehead atoms. The van der Waals surface area contributed by atoms with Crippen molar-refractivity contribution in [2.24, 2.45) is 0 Å². The Kier molecular flexibility index (Phi) is 6.03. The molecule has 0 aliphatic carbocycles. The van der Waals surface area contributed by atoms with Crippen molar-refractivity contribution in [2.75, 3.05) is 4.90 Å². The molecule has 2 heterocycles. The van der Waals surface area contributed by atoms with Gasteiger partial charge in [-0.05, 0) is 82.9 Å². The van der Waals surface area contributed by atoms with Crippen molar-refractivity contribution in [2.45, 2.75) is 0 Å². The molecule has 3 heteroatoms. The topological polar surface area (TPSA) is 16.4 Å². The van der Waals surface area contributed by atoms with Crippen molar-refractivity contribution in [1.29, 1.82) is 0 Å². The second-order valence-corrected chi connectivity index (χ2v) is 12.4. The van der Waals surface area contributed by atoms with Gasteiger partial charge in [0, 0.05) is 48.0 Å². The largest absolute Gasteiger partial charge is 0.456 e. The molecule has 0 unspecified atom stereocenters. The average molecular weight is 594 g/mol. The lowest BCUT2D eigenvalue weighted by Crippen LogP contribution is -2.09. The van der Waals surface area contributed by atoms with Gasteiger partial charge >= 0.3 is 0 Å². The molecule has 212 valence electrons. The van der Waals surface area contributed by atoms with Crippen molar-refractivity contribution >= 4 is 70.5 Å². The third-order valence-corrected chi connectivity index (χ3v) is 9.91. The minimum Gasteiger partial charge on any atom is -0.456 e. The summed E-state index contributed by atoms with van der Waals surface area (Å²) in [5.74, 6) is 0. The van der Waals surface area contributed by atoms with Crippen LogP contribution >= 0.6 is 11.3 Å². The van der Waals surface area contributed by atoms with Crippen LogP contribution in [0.1, 0.15) is 0 Å². The van der Waals surface area contributed by atoms with E-state index in [4.69, 9.17) is 4.42 Å². The first-order valence-electron chi connectivity index (χ1n) is 15.2. The van der Waals surface area contributed by atoms with Crippen LogP contribution in [0.4, 0.5) is 17.1 Å². The highest BCUT2D eigenvalue weighted by Gasteiger charge is 2.15. The number of nitrogens with zero attached hydrogens (tertiary/aromatic N) is 1. The molecule has 0 saturated heterocycles. The molecular weight excluding hydrogens is 567 g/mol. The molecule has 0 fully saturated rings. The highest BCUT2D eigenvalue weighted by atomic mass is 32.1. The Morgan fingerprint density at radius 3 is 1.80 bits per heavy atom. The Bertz CT molecular complexity index is 2470. The van der Waals surface area contributed by atoms with Crippen molar-refractivity contribution in [1.82, 2.24) is 0 Å². The van der Waals surface area contributed by atoms with Crippen molar-refractivity contribution in [3.63, 3.8) is 0 Å². The monoisotopic (exact) mass is 593 g/mol. The number of furan rings is 1. The van der Waals surface area contributed by atoms with E-state index < -0.39 is 0 Å². The summed E-state index contributed by atoms with van der Waals surface area (Å²) in [5.41, 5.74) is 10.0. The fraction of sp³-hybridized carbons (Fsp3) is 0. The van der Waals surface area contributed by atoms with Gasteiger partial charge in [-0.25, -0.2) is 0 Å². The Balaban J connectivity index is 1.09. The molecule has 9 aromatic rings. The zero-order chi connectivity index (χ0) is 29.7. The smallest absolute Gasteiger partial charge is 0.135 e. The third kappa shape index (κ3) is 4.40. The molecule has 0 amide bonds. The first-order chi connectivity index (χ1) is 22.3. The van der Waals surface area contributed by atoms with E-state index in [9.17, 15) is 0 Å². The predicted molar refractivity (Wildman–Crippen MR) is 192 cm³/mol. The van der Waals surface area contributed by atoms with Crippen LogP contribution in [0.3, 0.4) is 0 Å². The number of fused-ring (bicyclic) bond motifs is 6. The maximum absolute atomic E-state index is 6.06. The van der Waals surface area contributed by atoms with Crippen LogP contribution in [-0.4, -0.2) is 0 Å². The number of para-hydroxylation sites is 2. The number of rotatable bonds is 5. The van der Waals surface area contributed by atoms with Crippen LogP contribution in [0.15, 0.2) is 168 Å². The highest BCUT2D eigenvalue weighted by Crippen LogP contribution is 2.42. The normalized spacial score (nSPS) is 11.6. The number of hydrogen-bond acceptors (Lipinski definition) is 3. The summed E-state index contributed by atoms with van der Waals surface area (Å²) in [6.07, 6.45) is 0. The number of hydrogen-bond donors (Lipinski definition) is 0. The minimum atomic E-state index is 0.916. The molecule has 0 radical (unpaired) electrons. The van der Waals surface area contributed by atoms with Crippen LogP contribution in [0.25, 0.3) is 64.4 Å². The van der Waals surface area contributed by atoms with Gasteiger partial charge in [0.1, 0.15) is 11.2 Å². The molecule has 0 atom stereocenters. The first kappa shape index (κ1) is 25.8. The van der Waals surface area contributed by atoms with Gasteiger partial charge in [0.15, 0.2) is 0 Å². The summed E-state index contributed by atoms with van der Waals surface area (Å²) in [5, 5.41) is 4.94. The Morgan fingerprint density at radius 2 is 1.00 bits per heavy atom. The van der Waals surface area contributed by atoms with Crippen LogP contribution in [0, 0.1) is 0 Å². The van der Waals surface area contributed by atoms with E-state index in [1.807, 2.05) is 23.5 Å². The van der Waals surface area contributed by atoms with E-state index >= 15 is 0 Å². The quantitative estimate of drug-likeness (QED) is 0.197. The summed E-state index contributed by atoms with van der Waals surface area (Å²) in [6, 6.07) is 58.5. The minimum absolute atomic E-state index is 0.916. The summed E-state index contributed by atoms with van der Waals surface area (Å²) in [7, 11) is 0. The lowest BCUT2D eigenvalue weighted by Gasteiger charge is -2.26. The lowest BCUT2D eigenvalue weighted by molar-refractivity contribution is 0.669. The molecular formula is C42H27NOS.